The number of nitriles is 1. The summed E-state index contributed by atoms with van der Waals surface area (Å²) in [4.78, 5) is 3.85. The fourth-order valence-electron chi connectivity index (χ4n) is 1.47. The third-order valence-corrected chi connectivity index (χ3v) is 3.02. The molecule has 2 aromatic rings. The maximum absolute atomic E-state index is 8.66. The van der Waals surface area contributed by atoms with Gasteiger partial charge in [0.05, 0.1) is 5.69 Å². The van der Waals surface area contributed by atoms with Gasteiger partial charge in [0.2, 0.25) is 0 Å². The second kappa shape index (κ2) is 4.65. The lowest BCUT2D eigenvalue weighted by Crippen LogP contribution is -2.06. The van der Waals surface area contributed by atoms with E-state index in [1.807, 2.05) is 31.2 Å². The molecular weight excluding hydrogens is 282 g/mol. The minimum Gasteiger partial charge on any atom is -0.324 e. The van der Waals surface area contributed by atoms with E-state index in [2.05, 4.69) is 26.0 Å². The highest BCUT2D eigenvalue weighted by atomic mass is 79.9. The van der Waals surface area contributed by atoms with Crippen LogP contribution in [0.2, 0.25) is 0 Å². The summed E-state index contributed by atoms with van der Waals surface area (Å²) in [6, 6.07) is 7.56. The van der Waals surface area contributed by atoms with E-state index < -0.39 is 0 Å². The maximum Gasteiger partial charge on any atom is 0.252 e. The van der Waals surface area contributed by atoms with Crippen LogP contribution in [0, 0.1) is 11.3 Å². The molecule has 0 aliphatic rings. The van der Waals surface area contributed by atoms with E-state index in [9.17, 15) is 0 Å². The van der Waals surface area contributed by atoms with Gasteiger partial charge in [-0.15, -0.1) is 5.10 Å². The fraction of sp³-hybridized carbons (Fsp3) is 0.182. The van der Waals surface area contributed by atoms with Crippen LogP contribution in [-0.2, 0) is 0 Å². The Bertz CT molecular complexity index is 582. The van der Waals surface area contributed by atoms with Crippen LogP contribution >= 0.6 is 15.9 Å². The molecule has 2 N–H and O–H groups in total. The predicted octanol–water partition coefficient (Wildman–Crippen LogP) is 1.92. The second-order valence-corrected chi connectivity index (χ2v) is 4.47. The van der Waals surface area contributed by atoms with Crippen LogP contribution in [0.25, 0.3) is 5.69 Å². The van der Waals surface area contributed by atoms with Gasteiger partial charge in [-0.25, -0.2) is 9.67 Å². The number of nitrogens with two attached hydrogens (primary N) is 1. The van der Waals surface area contributed by atoms with E-state index in [1.165, 1.54) is 6.33 Å². The Morgan fingerprint density at radius 2 is 2.29 bits per heavy atom. The minimum absolute atomic E-state index is 0.0381. The van der Waals surface area contributed by atoms with E-state index in [0.717, 1.165) is 15.7 Å². The monoisotopic (exact) mass is 291 g/mol. The zero-order valence-corrected chi connectivity index (χ0v) is 10.7. The molecule has 2 rings (SSSR count). The summed E-state index contributed by atoms with van der Waals surface area (Å²) in [5, 5.41) is 12.7. The van der Waals surface area contributed by atoms with Gasteiger partial charge in [0.1, 0.15) is 12.4 Å². The molecule has 6 heteroatoms. The fourth-order valence-corrected chi connectivity index (χ4v) is 2.19. The molecule has 0 aliphatic heterocycles. The molecule has 0 bridgehead atoms. The number of aromatic nitrogens is 3. The summed E-state index contributed by atoms with van der Waals surface area (Å²) in [5.74, 6) is 0.150. The van der Waals surface area contributed by atoms with Crippen molar-refractivity contribution in [3.8, 4) is 11.8 Å². The molecule has 1 aromatic carbocycles. The zero-order valence-electron chi connectivity index (χ0n) is 9.13. The Kier molecular flexibility index (Phi) is 3.22. The Morgan fingerprint density at radius 3 is 2.82 bits per heavy atom. The van der Waals surface area contributed by atoms with E-state index in [0.29, 0.717) is 0 Å². The quantitative estimate of drug-likeness (QED) is 0.917. The summed E-state index contributed by atoms with van der Waals surface area (Å²) in [6.07, 6.45) is 1.51. The molecular formula is C11H10BrN5. The summed E-state index contributed by atoms with van der Waals surface area (Å²) < 4.78 is 2.47. The lowest BCUT2D eigenvalue weighted by atomic mass is 10.1. The maximum atomic E-state index is 8.66. The van der Waals surface area contributed by atoms with Crippen molar-refractivity contribution in [2.75, 3.05) is 0 Å². The van der Waals surface area contributed by atoms with Crippen LogP contribution in [0.5, 0.6) is 0 Å². The minimum atomic E-state index is -0.0381. The molecule has 0 spiro atoms. The van der Waals surface area contributed by atoms with Crippen molar-refractivity contribution in [3.05, 3.63) is 40.4 Å². The van der Waals surface area contributed by atoms with E-state index in [-0.39, 0.29) is 11.9 Å². The van der Waals surface area contributed by atoms with Crippen molar-refractivity contribution in [3.63, 3.8) is 0 Å². The van der Waals surface area contributed by atoms with E-state index in [4.69, 9.17) is 11.0 Å². The van der Waals surface area contributed by atoms with Crippen LogP contribution < -0.4 is 5.73 Å². The van der Waals surface area contributed by atoms with Gasteiger partial charge in [-0.05, 0) is 24.6 Å². The number of hydrogen-bond acceptors (Lipinski definition) is 4. The van der Waals surface area contributed by atoms with Gasteiger partial charge in [0, 0.05) is 10.5 Å². The molecule has 1 unspecified atom stereocenters. The average Bonchev–Trinajstić information content (AvgIpc) is 2.76. The summed E-state index contributed by atoms with van der Waals surface area (Å²) in [6.45, 7) is 1.92. The Morgan fingerprint density at radius 1 is 1.53 bits per heavy atom. The molecule has 0 fully saturated rings. The van der Waals surface area contributed by atoms with Crippen LogP contribution in [0.15, 0.2) is 29.0 Å². The van der Waals surface area contributed by atoms with Crippen molar-refractivity contribution in [1.82, 2.24) is 14.8 Å². The zero-order chi connectivity index (χ0) is 12.4. The topological polar surface area (TPSA) is 80.5 Å². The third-order valence-electron chi connectivity index (χ3n) is 2.33. The van der Waals surface area contributed by atoms with Crippen LogP contribution in [0.1, 0.15) is 24.4 Å². The van der Waals surface area contributed by atoms with Gasteiger partial charge in [0.25, 0.3) is 5.82 Å². The normalized spacial score (nSPS) is 12.1. The molecule has 1 aromatic heterocycles. The number of benzene rings is 1. The van der Waals surface area contributed by atoms with Crippen molar-refractivity contribution >= 4 is 15.9 Å². The highest BCUT2D eigenvalue weighted by Crippen LogP contribution is 2.24. The predicted molar refractivity (Wildman–Crippen MR) is 66.4 cm³/mol. The van der Waals surface area contributed by atoms with E-state index in [1.54, 1.807) is 4.68 Å². The molecule has 0 radical (unpaired) electrons. The highest BCUT2D eigenvalue weighted by Gasteiger charge is 2.07. The number of rotatable bonds is 2. The Labute approximate surface area is 107 Å². The molecule has 1 heterocycles. The molecule has 0 saturated carbocycles. The lowest BCUT2D eigenvalue weighted by Gasteiger charge is -2.09. The SMILES string of the molecule is CC(N)c1ccc(-n2cnc(C#N)n2)cc1Br. The largest absolute Gasteiger partial charge is 0.324 e. The second-order valence-electron chi connectivity index (χ2n) is 3.62. The molecule has 86 valence electrons. The molecule has 17 heavy (non-hydrogen) atoms. The molecule has 1 atom stereocenters. The van der Waals surface area contributed by atoms with Gasteiger partial charge >= 0.3 is 0 Å². The third kappa shape index (κ3) is 2.35. The lowest BCUT2D eigenvalue weighted by molar-refractivity contribution is 0.808. The van der Waals surface area contributed by atoms with E-state index >= 15 is 0 Å². The Hall–Kier alpha value is -1.71. The van der Waals surface area contributed by atoms with Gasteiger partial charge in [-0.3, -0.25) is 0 Å². The van der Waals surface area contributed by atoms with Crippen molar-refractivity contribution in [2.24, 2.45) is 5.73 Å². The highest BCUT2D eigenvalue weighted by molar-refractivity contribution is 9.10. The van der Waals surface area contributed by atoms with Gasteiger partial charge in [-0.2, -0.15) is 5.26 Å². The molecule has 0 amide bonds. The van der Waals surface area contributed by atoms with Crippen LogP contribution in [0.3, 0.4) is 0 Å². The first-order valence-electron chi connectivity index (χ1n) is 4.99. The van der Waals surface area contributed by atoms with Crippen molar-refractivity contribution < 1.29 is 0 Å². The summed E-state index contributed by atoms with van der Waals surface area (Å²) in [7, 11) is 0. The smallest absolute Gasteiger partial charge is 0.252 e. The van der Waals surface area contributed by atoms with Gasteiger partial charge < -0.3 is 5.73 Å². The average molecular weight is 292 g/mol. The number of halogens is 1. The summed E-state index contributed by atoms with van der Waals surface area (Å²) >= 11 is 3.46. The van der Waals surface area contributed by atoms with Crippen LogP contribution in [-0.4, -0.2) is 14.8 Å². The van der Waals surface area contributed by atoms with Crippen LogP contribution in [0.4, 0.5) is 0 Å². The summed E-state index contributed by atoms with van der Waals surface area (Å²) in [5.41, 5.74) is 7.67. The first-order chi connectivity index (χ1) is 8.11. The first kappa shape index (κ1) is 11.8. The van der Waals surface area contributed by atoms with Gasteiger partial charge in [0.15, 0.2) is 0 Å². The van der Waals surface area contributed by atoms with Crippen molar-refractivity contribution in [1.29, 1.82) is 5.26 Å². The Balaban J connectivity index is 2.41. The van der Waals surface area contributed by atoms with Gasteiger partial charge in [-0.1, -0.05) is 22.0 Å². The molecule has 0 aliphatic carbocycles. The standard InChI is InChI=1S/C11H10BrN5/c1-7(14)9-3-2-8(4-10(9)12)17-6-15-11(5-13)16-17/h2-4,6-7H,14H2,1H3. The molecule has 5 nitrogen and oxygen atoms in total. The number of nitrogens with zero attached hydrogens (tertiary/aromatic N) is 4. The van der Waals surface area contributed by atoms with Crippen molar-refractivity contribution in [2.45, 2.75) is 13.0 Å². The molecule has 0 saturated heterocycles. The first-order valence-corrected chi connectivity index (χ1v) is 5.78. The number of hydrogen-bond donors (Lipinski definition) is 1.